The number of carbonyl (C=O) groups excluding carboxylic acids is 1. The number of rotatable bonds is 6. The van der Waals surface area contributed by atoms with Gasteiger partial charge >= 0.3 is 0 Å². The van der Waals surface area contributed by atoms with Gasteiger partial charge in [-0.25, -0.2) is 0 Å². The van der Waals surface area contributed by atoms with Gasteiger partial charge in [-0.1, -0.05) is 60.7 Å². The van der Waals surface area contributed by atoms with Crippen molar-refractivity contribution in [1.82, 2.24) is 9.88 Å². The smallest absolute Gasteiger partial charge is 0.257 e. The van der Waals surface area contributed by atoms with Crippen LogP contribution in [-0.4, -0.2) is 48.5 Å². The molecule has 152 valence electrons. The van der Waals surface area contributed by atoms with Gasteiger partial charge in [0.2, 0.25) is 0 Å². The first-order chi connectivity index (χ1) is 14.8. The lowest BCUT2D eigenvalue weighted by Crippen LogP contribution is -2.46. The topological polar surface area (TPSA) is 48.5 Å². The second-order valence-electron chi connectivity index (χ2n) is 7.35. The molecule has 0 aliphatic carbocycles. The van der Waals surface area contributed by atoms with Crippen LogP contribution in [0, 0.1) is 0 Å². The molecule has 2 heterocycles. The second kappa shape index (κ2) is 9.85. The van der Waals surface area contributed by atoms with Crippen molar-refractivity contribution in [2.45, 2.75) is 0 Å². The molecule has 1 N–H and O–H groups in total. The molecular weight excluding hydrogens is 372 g/mol. The number of nitrogens with one attached hydrogen (secondary N) is 1. The number of hydrogen-bond donors (Lipinski definition) is 1. The van der Waals surface area contributed by atoms with E-state index in [0.29, 0.717) is 5.56 Å². The fourth-order valence-corrected chi connectivity index (χ4v) is 3.54. The summed E-state index contributed by atoms with van der Waals surface area (Å²) in [6, 6.07) is 21.8. The number of benzene rings is 2. The highest BCUT2D eigenvalue weighted by molar-refractivity contribution is 6.04. The highest BCUT2D eigenvalue weighted by Crippen LogP contribution is 2.18. The van der Waals surface area contributed by atoms with Crippen LogP contribution in [0.15, 0.2) is 85.2 Å². The van der Waals surface area contributed by atoms with Gasteiger partial charge < -0.3 is 10.2 Å². The Balaban J connectivity index is 1.31. The highest BCUT2D eigenvalue weighted by atomic mass is 16.1. The van der Waals surface area contributed by atoms with Crippen LogP contribution in [0.25, 0.3) is 6.08 Å². The van der Waals surface area contributed by atoms with Gasteiger partial charge in [0.25, 0.3) is 5.91 Å². The van der Waals surface area contributed by atoms with Crippen molar-refractivity contribution >= 4 is 23.4 Å². The number of amides is 1. The first-order valence-electron chi connectivity index (χ1n) is 10.3. The van der Waals surface area contributed by atoms with Gasteiger partial charge in [0.05, 0.1) is 17.4 Å². The predicted molar refractivity (Wildman–Crippen MR) is 123 cm³/mol. The van der Waals surface area contributed by atoms with E-state index in [2.05, 4.69) is 56.5 Å². The molecule has 1 fully saturated rings. The van der Waals surface area contributed by atoms with Crippen molar-refractivity contribution in [1.29, 1.82) is 0 Å². The summed E-state index contributed by atoms with van der Waals surface area (Å²) >= 11 is 0. The summed E-state index contributed by atoms with van der Waals surface area (Å²) in [5, 5.41) is 2.92. The van der Waals surface area contributed by atoms with Gasteiger partial charge in [-0.2, -0.15) is 0 Å². The minimum atomic E-state index is -0.139. The molecule has 0 atom stereocenters. The Hall–Kier alpha value is -3.44. The Labute approximate surface area is 177 Å². The van der Waals surface area contributed by atoms with Crippen LogP contribution >= 0.6 is 0 Å². The van der Waals surface area contributed by atoms with E-state index in [9.17, 15) is 4.79 Å². The Bertz CT molecular complexity index is 980. The van der Waals surface area contributed by atoms with Crippen LogP contribution in [0.1, 0.15) is 15.9 Å². The van der Waals surface area contributed by atoms with Crippen LogP contribution in [0.5, 0.6) is 0 Å². The average molecular weight is 399 g/mol. The number of anilines is 2. The summed E-state index contributed by atoms with van der Waals surface area (Å²) in [6.45, 7) is 4.76. The van der Waals surface area contributed by atoms with Crippen LogP contribution in [0.2, 0.25) is 0 Å². The molecule has 0 unspecified atom stereocenters. The standard InChI is InChI=1S/C25H26N4O/c30-25(27-23-11-5-2-6-12-23)22-18-24(20-26-19-22)29-16-14-28(15-17-29)13-7-10-21-8-3-1-4-9-21/h1-12,18-20H,13-17H2,(H,27,30)/b10-7+. The molecule has 5 nitrogen and oxygen atoms in total. The minimum absolute atomic E-state index is 0.139. The van der Waals surface area contributed by atoms with E-state index in [4.69, 9.17) is 0 Å². The summed E-state index contributed by atoms with van der Waals surface area (Å²) in [5.74, 6) is -0.139. The number of hydrogen-bond acceptors (Lipinski definition) is 4. The van der Waals surface area contributed by atoms with Gasteiger partial charge in [0.15, 0.2) is 0 Å². The van der Waals surface area contributed by atoms with E-state index in [0.717, 1.165) is 44.1 Å². The molecule has 5 heteroatoms. The Morgan fingerprint density at radius 3 is 2.37 bits per heavy atom. The van der Waals surface area contributed by atoms with E-state index in [-0.39, 0.29) is 5.91 Å². The van der Waals surface area contributed by atoms with Crippen molar-refractivity contribution in [2.75, 3.05) is 42.9 Å². The van der Waals surface area contributed by atoms with Gasteiger partial charge in [0, 0.05) is 44.6 Å². The fraction of sp³-hybridized carbons (Fsp3) is 0.200. The Morgan fingerprint density at radius 2 is 1.63 bits per heavy atom. The number of aromatic nitrogens is 1. The largest absolute Gasteiger partial charge is 0.368 e. The van der Waals surface area contributed by atoms with Gasteiger partial charge in [-0.3, -0.25) is 14.7 Å². The van der Waals surface area contributed by atoms with Gasteiger partial charge in [-0.05, 0) is 23.8 Å². The maximum atomic E-state index is 12.6. The molecule has 4 rings (SSSR count). The number of piperazine rings is 1. The average Bonchev–Trinajstić information content (AvgIpc) is 2.81. The number of carbonyl (C=O) groups is 1. The lowest BCUT2D eigenvalue weighted by molar-refractivity contribution is 0.102. The third kappa shape index (κ3) is 5.33. The van der Waals surface area contributed by atoms with Crippen molar-refractivity contribution < 1.29 is 4.79 Å². The Kier molecular flexibility index (Phi) is 6.52. The lowest BCUT2D eigenvalue weighted by atomic mass is 10.2. The second-order valence-corrected chi connectivity index (χ2v) is 7.35. The molecule has 1 aromatic heterocycles. The highest BCUT2D eigenvalue weighted by Gasteiger charge is 2.18. The SMILES string of the molecule is O=C(Nc1ccccc1)c1cncc(N2CCN(C/C=C/c3ccccc3)CC2)c1. The molecule has 0 bridgehead atoms. The van der Waals surface area contributed by atoms with E-state index >= 15 is 0 Å². The van der Waals surface area contributed by atoms with E-state index in [1.807, 2.05) is 48.7 Å². The zero-order valence-corrected chi connectivity index (χ0v) is 16.9. The summed E-state index contributed by atoms with van der Waals surface area (Å²) in [6.07, 6.45) is 7.85. The number of nitrogens with zero attached hydrogens (tertiary/aromatic N) is 3. The van der Waals surface area contributed by atoms with Crippen LogP contribution in [-0.2, 0) is 0 Å². The van der Waals surface area contributed by atoms with Crippen molar-refractivity contribution in [3.05, 3.63) is 96.3 Å². The van der Waals surface area contributed by atoms with Crippen molar-refractivity contribution in [3.63, 3.8) is 0 Å². The first kappa shape index (κ1) is 19.9. The zero-order chi connectivity index (χ0) is 20.6. The minimum Gasteiger partial charge on any atom is -0.368 e. The third-order valence-corrected chi connectivity index (χ3v) is 5.23. The van der Waals surface area contributed by atoms with E-state index < -0.39 is 0 Å². The monoisotopic (exact) mass is 398 g/mol. The summed E-state index contributed by atoms with van der Waals surface area (Å²) < 4.78 is 0. The summed E-state index contributed by atoms with van der Waals surface area (Å²) in [5.41, 5.74) is 3.58. The molecule has 0 saturated carbocycles. The maximum Gasteiger partial charge on any atom is 0.257 e. The Morgan fingerprint density at radius 1 is 0.933 bits per heavy atom. The van der Waals surface area contributed by atoms with Crippen molar-refractivity contribution in [2.24, 2.45) is 0 Å². The molecule has 1 saturated heterocycles. The molecule has 1 amide bonds. The fourth-order valence-electron chi connectivity index (χ4n) is 3.54. The van der Waals surface area contributed by atoms with Crippen molar-refractivity contribution in [3.8, 4) is 0 Å². The van der Waals surface area contributed by atoms with Crippen LogP contribution in [0.3, 0.4) is 0 Å². The summed E-state index contributed by atoms with van der Waals surface area (Å²) in [4.78, 5) is 21.6. The third-order valence-electron chi connectivity index (χ3n) is 5.23. The molecule has 30 heavy (non-hydrogen) atoms. The molecule has 3 aromatic rings. The normalized spacial score (nSPS) is 14.7. The molecule has 1 aliphatic heterocycles. The summed E-state index contributed by atoms with van der Waals surface area (Å²) in [7, 11) is 0. The van der Waals surface area contributed by atoms with Gasteiger partial charge in [-0.15, -0.1) is 0 Å². The molecule has 0 spiro atoms. The van der Waals surface area contributed by atoms with Crippen LogP contribution in [0.4, 0.5) is 11.4 Å². The first-order valence-corrected chi connectivity index (χ1v) is 10.3. The molecule has 2 aromatic carbocycles. The molecular formula is C25H26N4O. The van der Waals surface area contributed by atoms with Crippen LogP contribution < -0.4 is 10.2 Å². The van der Waals surface area contributed by atoms with E-state index in [1.54, 1.807) is 6.20 Å². The quantitative estimate of drug-likeness (QED) is 0.677. The lowest BCUT2D eigenvalue weighted by Gasteiger charge is -2.35. The predicted octanol–water partition coefficient (Wildman–Crippen LogP) is 4.17. The van der Waals surface area contributed by atoms with Gasteiger partial charge in [0.1, 0.15) is 0 Å². The zero-order valence-electron chi connectivity index (χ0n) is 16.9. The number of pyridine rings is 1. The molecule has 1 aliphatic rings. The molecule has 0 radical (unpaired) electrons. The van der Waals surface area contributed by atoms with E-state index in [1.165, 1.54) is 5.56 Å². The maximum absolute atomic E-state index is 12.6. The number of para-hydroxylation sites is 1.